The Bertz CT molecular complexity index is 1350. The highest BCUT2D eigenvalue weighted by atomic mass is 32.1. The highest BCUT2D eigenvalue weighted by Gasteiger charge is 2.18. The molecular formula is C19H16N6O2S. The van der Waals surface area contributed by atoms with Gasteiger partial charge in [0.1, 0.15) is 16.8 Å². The van der Waals surface area contributed by atoms with E-state index in [4.69, 9.17) is 5.41 Å². The lowest BCUT2D eigenvalue weighted by Crippen LogP contribution is -2.32. The Labute approximate surface area is 163 Å². The normalized spacial score (nSPS) is 11.0. The average molecular weight is 392 g/mol. The van der Waals surface area contributed by atoms with Crippen molar-refractivity contribution in [3.63, 3.8) is 0 Å². The number of anilines is 1. The van der Waals surface area contributed by atoms with E-state index in [9.17, 15) is 9.59 Å². The lowest BCUT2D eigenvalue weighted by Gasteiger charge is -2.13. The third kappa shape index (κ3) is 2.81. The van der Waals surface area contributed by atoms with E-state index in [0.29, 0.717) is 16.4 Å². The summed E-state index contributed by atoms with van der Waals surface area (Å²) in [6.45, 7) is 5.82. The van der Waals surface area contributed by atoms with E-state index in [2.05, 4.69) is 21.9 Å². The molecule has 0 aromatic carbocycles. The summed E-state index contributed by atoms with van der Waals surface area (Å²) in [5.41, 5.74) is 1.41. The lowest BCUT2D eigenvalue weighted by atomic mass is 10.2. The van der Waals surface area contributed by atoms with E-state index < -0.39 is 5.91 Å². The number of nitrogens with one attached hydrogen (secondary N) is 2. The second-order valence-corrected chi connectivity index (χ2v) is 7.03. The van der Waals surface area contributed by atoms with Gasteiger partial charge >= 0.3 is 0 Å². The van der Waals surface area contributed by atoms with Crippen molar-refractivity contribution in [1.29, 1.82) is 5.41 Å². The molecule has 0 aliphatic rings. The maximum absolute atomic E-state index is 13.1. The van der Waals surface area contributed by atoms with Crippen molar-refractivity contribution in [1.82, 2.24) is 18.9 Å². The van der Waals surface area contributed by atoms with Gasteiger partial charge in [-0.3, -0.25) is 24.7 Å². The number of hydrogen-bond donors (Lipinski definition) is 2. The van der Waals surface area contributed by atoms with Gasteiger partial charge in [0.05, 0.1) is 10.9 Å². The Morgan fingerprint density at radius 1 is 1.43 bits per heavy atom. The van der Waals surface area contributed by atoms with Crippen LogP contribution in [0.2, 0.25) is 0 Å². The summed E-state index contributed by atoms with van der Waals surface area (Å²) in [4.78, 5) is 34.4. The van der Waals surface area contributed by atoms with Crippen LogP contribution in [-0.4, -0.2) is 24.8 Å². The minimum absolute atomic E-state index is 0.0497. The van der Waals surface area contributed by atoms with Crippen LogP contribution >= 0.6 is 11.3 Å². The molecular weight excluding hydrogens is 376 g/mol. The Morgan fingerprint density at radius 3 is 2.96 bits per heavy atom. The topological polar surface area (TPSA) is 105 Å². The van der Waals surface area contributed by atoms with E-state index in [0.717, 1.165) is 5.56 Å². The Morgan fingerprint density at radius 2 is 2.25 bits per heavy atom. The van der Waals surface area contributed by atoms with Crippen LogP contribution in [0.3, 0.4) is 0 Å². The summed E-state index contributed by atoms with van der Waals surface area (Å²) in [6, 6.07) is 5.05. The molecule has 0 bridgehead atoms. The molecule has 0 fully saturated rings. The zero-order chi connectivity index (χ0) is 19.8. The molecule has 0 saturated carbocycles. The van der Waals surface area contributed by atoms with Crippen LogP contribution in [-0.2, 0) is 6.54 Å². The van der Waals surface area contributed by atoms with Crippen LogP contribution in [0.4, 0.5) is 5.13 Å². The van der Waals surface area contributed by atoms with Crippen molar-refractivity contribution in [2.75, 3.05) is 5.32 Å². The van der Waals surface area contributed by atoms with Crippen LogP contribution in [0.25, 0.3) is 16.7 Å². The molecule has 0 aliphatic carbocycles. The molecule has 4 aromatic rings. The van der Waals surface area contributed by atoms with Gasteiger partial charge in [-0.2, -0.15) is 0 Å². The number of amides is 1. The Balaban J connectivity index is 2.04. The molecule has 1 amide bonds. The first-order valence-corrected chi connectivity index (χ1v) is 9.31. The minimum atomic E-state index is -0.506. The second-order valence-electron chi connectivity index (χ2n) is 6.14. The number of thiazole rings is 1. The quantitative estimate of drug-likeness (QED) is 0.411. The third-order valence-electron chi connectivity index (χ3n) is 4.34. The average Bonchev–Trinajstić information content (AvgIpc) is 3.18. The SMILES string of the molecule is C=CCn1c(=N)c(C(=O)Nc2nccs2)cc2c(=O)n3cccc(C)c3nc21. The van der Waals surface area contributed by atoms with Gasteiger partial charge in [-0.25, -0.2) is 9.97 Å². The highest BCUT2D eigenvalue weighted by Crippen LogP contribution is 2.15. The molecule has 28 heavy (non-hydrogen) atoms. The molecule has 4 heterocycles. The number of allylic oxidation sites excluding steroid dienone is 1. The summed E-state index contributed by atoms with van der Waals surface area (Å²) in [6.07, 6.45) is 4.81. The van der Waals surface area contributed by atoms with Crippen molar-refractivity contribution in [3.05, 3.63) is 75.6 Å². The highest BCUT2D eigenvalue weighted by molar-refractivity contribution is 7.13. The Kier molecular flexibility index (Phi) is 4.36. The van der Waals surface area contributed by atoms with Gasteiger partial charge in [0.25, 0.3) is 11.5 Å². The monoisotopic (exact) mass is 392 g/mol. The fraction of sp³-hybridized carbons (Fsp3) is 0.105. The van der Waals surface area contributed by atoms with Crippen LogP contribution in [0.5, 0.6) is 0 Å². The van der Waals surface area contributed by atoms with Crippen molar-refractivity contribution in [2.45, 2.75) is 13.5 Å². The number of rotatable bonds is 4. The molecule has 0 atom stereocenters. The zero-order valence-electron chi connectivity index (χ0n) is 15.0. The van der Waals surface area contributed by atoms with E-state index in [1.54, 1.807) is 29.9 Å². The number of carbonyl (C=O) groups excluding carboxylic acids is 1. The van der Waals surface area contributed by atoms with Gasteiger partial charge in [0.2, 0.25) is 0 Å². The van der Waals surface area contributed by atoms with Gasteiger partial charge in [-0.1, -0.05) is 12.1 Å². The summed E-state index contributed by atoms with van der Waals surface area (Å²) >= 11 is 1.27. The molecule has 140 valence electrons. The van der Waals surface area contributed by atoms with Crippen molar-refractivity contribution in [2.24, 2.45) is 0 Å². The second kappa shape index (κ2) is 6.86. The zero-order valence-corrected chi connectivity index (χ0v) is 15.8. The predicted octanol–water partition coefficient (Wildman–Crippen LogP) is 2.33. The molecule has 0 radical (unpaired) electrons. The van der Waals surface area contributed by atoms with E-state index in [-0.39, 0.29) is 28.5 Å². The van der Waals surface area contributed by atoms with Crippen LogP contribution in [0.15, 0.2) is 53.4 Å². The van der Waals surface area contributed by atoms with Gasteiger partial charge in [0, 0.05) is 24.3 Å². The molecule has 9 heteroatoms. The van der Waals surface area contributed by atoms with Crippen molar-refractivity contribution >= 4 is 39.1 Å². The Hall–Kier alpha value is -3.59. The van der Waals surface area contributed by atoms with E-state index in [1.165, 1.54) is 26.4 Å². The summed E-state index contributed by atoms with van der Waals surface area (Å²) < 4.78 is 2.95. The molecule has 2 N–H and O–H groups in total. The van der Waals surface area contributed by atoms with Gasteiger partial charge in [0.15, 0.2) is 5.13 Å². The standard InChI is InChI=1S/C19H16N6O2S/c1-3-7-24-14(20)12(17(26)23-19-21-6-9-28-19)10-13-16(24)22-15-11(2)5-4-8-25(15)18(13)27/h3-6,8-10,20H,1,7H2,2H3,(H,21,23,26). The largest absolute Gasteiger partial charge is 0.306 e. The molecule has 8 nitrogen and oxygen atoms in total. The van der Waals surface area contributed by atoms with E-state index in [1.807, 2.05) is 13.0 Å². The number of fused-ring (bicyclic) bond motifs is 2. The lowest BCUT2D eigenvalue weighted by molar-refractivity contribution is 0.102. The smallest absolute Gasteiger partial charge is 0.267 e. The van der Waals surface area contributed by atoms with Gasteiger partial charge in [-0.15, -0.1) is 17.9 Å². The number of aryl methyl sites for hydroxylation is 1. The molecule has 0 saturated heterocycles. The third-order valence-corrected chi connectivity index (χ3v) is 5.03. The molecule has 0 unspecified atom stereocenters. The maximum atomic E-state index is 13.1. The molecule has 4 aromatic heterocycles. The van der Waals surface area contributed by atoms with Crippen molar-refractivity contribution in [3.8, 4) is 0 Å². The number of pyridine rings is 2. The van der Waals surface area contributed by atoms with Crippen LogP contribution < -0.4 is 16.4 Å². The fourth-order valence-electron chi connectivity index (χ4n) is 3.03. The molecule has 0 spiro atoms. The first-order chi connectivity index (χ1) is 13.5. The summed E-state index contributed by atoms with van der Waals surface area (Å²) in [5, 5.41) is 13.6. The fourth-order valence-corrected chi connectivity index (χ4v) is 3.55. The number of aromatic nitrogens is 4. The van der Waals surface area contributed by atoms with Crippen molar-refractivity contribution < 1.29 is 4.79 Å². The molecule has 0 aliphatic heterocycles. The number of nitrogens with zero attached hydrogens (tertiary/aromatic N) is 4. The first-order valence-electron chi connectivity index (χ1n) is 8.43. The number of hydrogen-bond acceptors (Lipinski definition) is 6. The van der Waals surface area contributed by atoms with Crippen LogP contribution in [0.1, 0.15) is 15.9 Å². The van der Waals surface area contributed by atoms with E-state index >= 15 is 0 Å². The predicted molar refractivity (Wildman–Crippen MR) is 108 cm³/mol. The number of carbonyl (C=O) groups is 1. The molecule has 4 rings (SSSR count). The summed E-state index contributed by atoms with van der Waals surface area (Å²) in [7, 11) is 0. The minimum Gasteiger partial charge on any atom is -0.306 e. The van der Waals surface area contributed by atoms with Gasteiger partial charge in [-0.05, 0) is 24.6 Å². The first kappa shape index (κ1) is 17.8. The van der Waals surface area contributed by atoms with Crippen LogP contribution in [0, 0.1) is 12.3 Å². The summed E-state index contributed by atoms with van der Waals surface area (Å²) in [5.74, 6) is -0.506. The van der Waals surface area contributed by atoms with Gasteiger partial charge < -0.3 is 4.57 Å². The maximum Gasteiger partial charge on any atom is 0.267 e.